The number of nitrogens with zero attached hydrogens (tertiary/aromatic N) is 3. The number of hydrogen-bond donors (Lipinski definition) is 0. The highest BCUT2D eigenvalue weighted by Gasteiger charge is 2.23. The van der Waals surface area contributed by atoms with E-state index < -0.39 is 0 Å². The summed E-state index contributed by atoms with van der Waals surface area (Å²) in [6, 6.07) is 7.70. The number of ether oxygens (including phenoxy) is 1. The van der Waals surface area contributed by atoms with Crippen molar-refractivity contribution in [3.05, 3.63) is 41.5 Å². The molecule has 6 nitrogen and oxygen atoms in total. The number of aryl methyl sites for hydroxylation is 1. The van der Waals surface area contributed by atoms with E-state index in [0.717, 1.165) is 36.6 Å². The molecule has 1 saturated heterocycles. The average molecular weight is 361 g/mol. The molecule has 134 valence electrons. The Morgan fingerprint density at radius 2 is 2.24 bits per heavy atom. The lowest BCUT2D eigenvalue weighted by atomic mass is 10.1. The summed E-state index contributed by atoms with van der Waals surface area (Å²) in [5.41, 5.74) is 0.726. The number of benzene rings is 1. The topological polar surface area (TPSA) is 68.5 Å². The molecule has 0 aliphatic carbocycles. The third-order valence-electron chi connectivity index (χ3n) is 4.21. The predicted molar refractivity (Wildman–Crippen MR) is 95.5 cm³/mol. The highest BCUT2D eigenvalue weighted by molar-refractivity contribution is 7.98. The standard InChI is InChI=1S/C18H23N3O3S/c1-3-21(10-14-8-9-23-11-14)18(22)15-6-4-5-7-16(15)25-12-17-19-13(2)20-24-17/h4-7,14H,3,8-12H2,1-2H3. The van der Waals surface area contributed by atoms with Crippen LogP contribution in [0.2, 0.25) is 0 Å². The maximum Gasteiger partial charge on any atom is 0.254 e. The quantitative estimate of drug-likeness (QED) is 0.706. The summed E-state index contributed by atoms with van der Waals surface area (Å²) in [4.78, 5) is 20.1. The van der Waals surface area contributed by atoms with Crippen molar-refractivity contribution in [3.8, 4) is 0 Å². The van der Waals surface area contributed by atoms with Crippen molar-refractivity contribution < 1.29 is 14.1 Å². The monoisotopic (exact) mass is 361 g/mol. The Morgan fingerprint density at radius 3 is 2.92 bits per heavy atom. The zero-order chi connectivity index (χ0) is 17.6. The van der Waals surface area contributed by atoms with Gasteiger partial charge in [-0.3, -0.25) is 4.79 Å². The van der Waals surface area contributed by atoms with Crippen LogP contribution in [0.1, 0.15) is 35.4 Å². The number of rotatable bonds is 7. The number of thioether (sulfide) groups is 1. The first-order valence-electron chi connectivity index (χ1n) is 8.55. The minimum absolute atomic E-state index is 0.0687. The van der Waals surface area contributed by atoms with Gasteiger partial charge in [0.1, 0.15) is 0 Å². The predicted octanol–water partition coefficient (Wildman–Crippen LogP) is 3.17. The van der Waals surface area contributed by atoms with Crippen molar-refractivity contribution in [1.82, 2.24) is 15.0 Å². The smallest absolute Gasteiger partial charge is 0.254 e. The van der Waals surface area contributed by atoms with Crippen LogP contribution in [0.4, 0.5) is 0 Å². The van der Waals surface area contributed by atoms with Gasteiger partial charge in [-0.05, 0) is 32.4 Å². The second-order valence-corrected chi connectivity index (χ2v) is 7.11. The molecule has 0 bridgehead atoms. The summed E-state index contributed by atoms with van der Waals surface area (Å²) < 4.78 is 10.6. The van der Waals surface area contributed by atoms with E-state index in [4.69, 9.17) is 9.26 Å². The molecule has 0 radical (unpaired) electrons. The van der Waals surface area contributed by atoms with Crippen molar-refractivity contribution in [2.45, 2.75) is 30.9 Å². The molecule has 1 aromatic carbocycles. The van der Waals surface area contributed by atoms with E-state index in [9.17, 15) is 4.79 Å². The minimum Gasteiger partial charge on any atom is -0.381 e. The fraction of sp³-hybridized carbons (Fsp3) is 0.500. The van der Waals surface area contributed by atoms with Crippen molar-refractivity contribution in [2.24, 2.45) is 5.92 Å². The number of carbonyl (C=O) groups excluding carboxylic acids is 1. The van der Waals surface area contributed by atoms with Crippen molar-refractivity contribution in [2.75, 3.05) is 26.3 Å². The first-order valence-corrected chi connectivity index (χ1v) is 9.54. The SMILES string of the molecule is CCN(CC1CCOC1)C(=O)c1ccccc1SCc1nc(C)no1. The summed E-state index contributed by atoms with van der Waals surface area (Å²) >= 11 is 1.54. The summed E-state index contributed by atoms with van der Waals surface area (Å²) in [5.74, 6) is 2.24. The van der Waals surface area contributed by atoms with Gasteiger partial charge in [0, 0.05) is 30.5 Å². The van der Waals surface area contributed by atoms with E-state index in [1.165, 1.54) is 0 Å². The van der Waals surface area contributed by atoms with Crippen molar-refractivity contribution in [3.63, 3.8) is 0 Å². The number of amides is 1. The molecule has 2 aromatic rings. The van der Waals surface area contributed by atoms with E-state index in [1.807, 2.05) is 36.1 Å². The van der Waals surface area contributed by atoms with E-state index in [-0.39, 0.29) is 5.91 Å². The van der Waals surface area contributed by atoms with Gasteiger partial charge in [0.15, 0.2) is 5.82 Å². The van der Waals surface area contributed by atoms with Crippen LogP contribution in [0.3, 0.4) is 0 Å². The second-order valence-electron chi connectivity index (χ2n) is 6.09. The van der Waals surface area contributed by atoms with Crippen molar-refractivity contribution in [1.29, 1.82) is 0 Å². The molecule has 1 aliphatic heterocycles. The Labute approximate surface area is 151 Å². The van der Waals surface area contributed by atoms with Crippen LogP contribution in [0.15, 0.2) is 33.7 Å². The summed E-state index contributed by atoms with van der Waals surface area (Å²) in [6.07, 6.45) is 1.02. The molecule has 1 unspecified atom stereocenters. The molecule has 0 spiro atoms. The fourth-order valence-corrected chi connectivity index (χ4v) is 3.75. The van der Waals surface area contributed by atoms with Crippen LogP contribution in [0.5, 0.6) is 0 Å². The second kappa shape index (κ2) is 8.49. The molecule has 1 atom stereocenters. The van der Waals surface area contributed by atoms with E-state index >= 15 is 0 Å². The van der Waals surface area contributed by atoms with Gasteiger partial charge in [0.25, 0.3) is 5.91 Å². The Balaban J connectivity index is 1.70. The van der Waals surface area contributed by atoms with Gasteiger partial charge in [-0.1, -0.05) is 17.3 Å². The van der Waals surface area contributed by atoms with Crippen LogP contribution < -0.4 is 0 Å². The Bertz CT molecular complexity index is 713. The zero-order valence-electron chi connectivity index (χ0n) is 14.6. The van der Waals surface area contributed by atoms with Crippen molar-refractivity contribution >= 4 is 17.7 Å². The molecule has 3 rings (SSSR count). The van der Waals surface area contributed by atoms with Crippen LogP contribution in [-0.2, 0) is 10.5 Å². The molecule has 1 aliphatic rings. The maximum absolute atomic E-state index is 13.0. The van der Waals surface area contributed by atoms with Gasteiger partial charge in [0.2, 0.25) is 5.89 Å². The Morgan fingerprint density at radius 1 is 1.40 bits per heavy atom. The molecule has 7 heteroatoms. The summed E-state index contributed by atoms with van der Waals surface area (Å²) in [7, 11) is 0. The molecule has 1 fully saturated rings. The first kappa shape index (κ1) is 17.9. The van der Waals surface area contributed by atoms with E-state index in [0.29, 0.717) is 29.9 Å². The van der Waals surface area contributed by atoms with Gasteiger partial charge in [-0.25, -0.2) is 0 Å². The summed E-state index contributed by atoms with van der Waals surface area (Å²) in [6.45, 7) is 6.79. The normalized spacial score (nSPS) is 17.0. The van der Waals surface area contributed by atoms with Gasteiger partial charge < -0.3 is 14.2 Å². The highest BCUT2D eigenvalue weighted by atomic mass is 32.2. The highest BCUT2D eigenvalue weighted by Crippen LogP contribution is 2.27. The summed E-state index contributed by atoms with van der Waals surface area (Å²) in [5, 5.41) is 3.80. The molecular weight excluding hydrogens is 338 g/mol. The molecule has 0 saturated carbocycles. The van der Waals surface area contributed by atoms with Gasteiger partial charge in [0.05, 0.1) is 17.9 Å². The number of aromatic nitrogens is 2. The lowest BCUT2D eigenvalue weighted by Crippen LogP contribution is -2.35. The van der Waals surface area contributed by atoms with Crippen LogP contribution in [0, 0.1) is 12.8 Å². The van der Waals surface area contributed by atoms with Gasteiger partial charge in [-0.15, -0.1) is 11.8 Å². The van der Waals surface area contributed by atoms with Gasteiger partial charge in [-0.2, -0.15) is 4.98 Å². The first-order chi connectivity index (χ1) is 12.2. The van der Waals surface area contributed by atoms with Crippen LogP contribution in [0.25, 0.3) is 0 Å². The Kier molecular flexibility index (Phi) is 6.09. The van der Waals surface area contributed by atoms with Crippen LogP contribution >= 0.6 is 11.8 Å². The minimum atomic E-state index is 0.0687. The fourth-order valence-electron chi connectivity index (χ4n) is 2.87. The lowest BCUT2D eigenvalue weighted by Gasteiger charge is -2.24. The molecule has 1 aromatic heterocycles. The average Bonchev–Trinajstić information content (AvgIpc) is 3.29. The number of hydrogen-bond acceptors (Lipinski definition) is 6. The maximum atomic E-state index is 13.0. The zero-order valence-corrected chi connectivity index (χ0v) is 15.4. The molecule has 2 heterocycles. The van der Waals surface area contributed by atoms with E-state index in [1.54, 1.807) is 18.7 Å². The third kappa shape index (κ3) is 4.61. The van der Waals surface area contributed by atoms with E-state index in [2.05, 4.69) is 10.1 Å². The molecule has 1 amide bonds. The number of carbonyl (C=O) groups is 1. The molecular formula is C18H23N3O3S. The lowest BCUT2D eigenvalue weighted by molar-refractivity contribution is 0.0727. The molecule has 25 heavy (non-hydrogen) atoms. The van der Waals surface area contributed by atoms with Crippen LogP contribution in [-0.4, -0.2) is 47.3 Å². The third-order valence-corrected chi connectivity index (χ3v) is 5.27. The van der Waals surface area contributed by atoms with Gasteiger partial charge >= 0.3 is 0 Å². The molecule has 0 N–H and O–H groups in total. The Hall–Kier alpha value is -1.86. The largest absolute Gasteiger partial charge is 0.381 e.